The van der Waals surface area contributed by atoms with Gasteiger partial charge >= 0.3 is 0 Å². The van der Waals surface area contributed by atoms with Crippen LogP contribution in [0.15, 0.2) is 52.3 Å². The molecule has 0 amide bonds. The zero-order valence-electron chi connectivity index (χ0n) is 15.9. The van der Waals surface area contributed by atoms with Crippen molar-refractivity contribution in [3.63, 3.8) is 0 Å². The molecule has 2 aromatic carbocycles. The number of rotatable bonds is 4. The summed E-state index contributed by atoms with van der Waals surface area (Å²) in [7, 11) is -7.36. The Morgan fingerprint density at radius 1 is 1.03 bits per heavy atom. The molecule has 0 N–H and O–H groups in total. The molecule has 158 valence electrons. The molecule has 0 aromatic heterocycles. The number of sulfone groups is 2. The summed E-state index contributed by atoms with van der Waals surface area (Å²) in [5.41, 5.74) is 0.356. The molecule has 30 heavy (non-hydrogen) atoms. The first kappa shape index (κ1) is 21.2. The minimum Gasteiger partial charge on any atom is -0.299 e. The summed E-state index contributed by atoms with van der Waals surface area (Å²) in [6.45, 7) is 0. The first-order valence-corrected chi connectivity index (χ1v) is 13.1. The topological polar surface area (TPSA) is 102 Å². The highest BCUT2D eigenvalue weighted by Crippen LogP contribution is 2.38. The molecule has 0 spiro atoms. The second kappa shape index (κ2) is 7.59. The predicted octanol–water partition coefficient (Wildman–Crippen LogP) is 3.06. The third-order valence-electron chi connectivity index (χ3n) is 5.80. The number of hydrogen-bond acceptors (Lipinski definition) is 6. The van der Waals surface area contributed by atoms with E-state index in [9.17, 15) is 26.4 Å². The van der Waals surface area contributed by atoms with Crippen molar-refractivity contribution in [1.82, 2.24) is 0 Å². The summed E-state index contributed by atoms with van der Waals surface area (Å²) in [5.74, 6) is -2.55. The highest BCUT2D eigenvalue weighted by Gasteiger charge is 2.46. The van der Waals surface area contributed by atoms with Gasteiger partial charge in [-0.15, -0.1) is 0 Å². The molecular weight excluding hydrogens is 448 g/mol. The highest BCUT2D eigenvalue weighted by molar-refractivity contribution is 7.92. The van der Waals surface area contributed by atoms with Crippen molar-refractivity contribution in [2.75, 3.05) is 5.75 Å². The smallest absolute Gasteiger partial charge is 0.182 e. The summed E-state index contributed by atoms with van der Waals surface area (Å²) in [6.07, 6.45) is 0.877. The van der Waals surface area contributed by atoms with Gasteiger partial charge in [-0.3, -0.25) is 9.59 Å². The largest absolute Gasteiger partial charge is 0.299 e. The molecule has 2 aromatic rings. The predicted molar refractivity (Wildman–Crippen MR) is 111 cm³/mol. The van der Waals surface area contributed by atoms with E-state index < -0.39 is 42.4 Å². The van der Waals surface area contributed by atoms with Crippen molar-refractivity contribution in [2.24, 2.45) is 5.92 Å². The van der Waals surface area contributed by atoms with Crippen molar-refractivity contribution >= 4 is 42.8 Å². The van der Waals surface area contributed by atoms with Gasteiger partial charge in [-0.2, -0.15) is 0 Å². The van der Waals surface area contributed by atoms with E-state index in [0.717, 1.165) is 0 Å². The average Bonchev–Trinajstić information content (AvgIpc) is 3.04. The molecule has 1 aliphatic heterocycles. The number of fused-ring (bicyclic) bond motifs is 1. The lowest BCUT2D eigenvalue weighted by Crippen LogP contribution is -2.43. The molecule has 1 aliphatic carbocycles. The average molecular weight is 467 g/mol. The van der Waals surface area contributed by atoms with Crippen LogP contribution in [0.5, 0.6) is 0 Å². The van der Waals surface area contributed by atoms with E-state index in [1.807, 2.05) is 0 Å². The Morgan fingerprint density at radius 2 is 1.73 bits per heavy atom. The molecule has 1 fully saturated rings. The monoisotopic (exact) mass is 466 g/mol. The summed E-state index contributed by atoms with van der Waals surface area (Å²) < 4.78 is 50.6. The molecule has 0 radical (unpaired) electrons. The van der Waals surface area contributed by atoms with Crippen LogP contribution in [0.3, 0.4) is 0 Å². The molecule has 6 nitrogen and oxygen atoms in total. The quantitative estimate of drug-likeness (QED) is 0.506. The number of ketones is 2. The maximum absolute atomic E-state index is 13.4. The van der Waals surface area contributed by atoms with Crippen molar-refractivity contribution in [3.8, 4) is 0 Å². The van der Waals surface area contributed by atoms with E-state index in [0.29, 0.717) is 12.0 Å². The summed E-state index contributed by atoms with van der Waals surface area (Å²) in [6, 6.07) is 10.4. The third-order valence-corrected chi connectivity index (χ3v) is 10.3. The number of hydrogen-bond donors (Lipinski definition) is 0. The van der Waals surface area contributed by atoms with Gasteiger partial charge < -0.3 is 0 Å². The van der Waals surface area contributed by atoms with E-state index in [-0.39, 0.29) is 45.4 Å². The van der Waals surface area contributed by atoms with Gasteiger partial charge in [0, 0.05) is 12.0 Å². The zero-order chi connectivity index (χ0) is 21.7. The number of carbonyl (C=O) groups excluding carboxylic acids is 2. The van der Waals surface area contributed by atoms with Crippen LogP contribution in [0.2, 0.25) is 5.02 Å². The van der Waals surface area contributed by atoms with Crippen LogP contribution in [0.4, 0.5) is 0 Å². The molecule has 1 saturated carbocycles. The highest BCUT2D eigenvalue weighted by atomic mass is 35.5. The first-order valence-electron chi connectivity index (χ1n) is 9.54. The van der Waals surface area contributed by atoms with E-state index in [2.05, 4.69) is 0 Å². The lowest BCUT2D eigenvalue weighted by Gasteiger charge is -2.29. The maximum Gasteiger partial charge on any atom is 0.182 e. The van der Waals surface area contributed by atoms with E-state index in [4.69, 9.17) is 11.6 Å². The SMILES string of the molecule is O=C1CCCC(S(=O)(=O)c2ccccc2)C1C(=O)c1ccc2c(c1Cl)CCS2(=O)=O. The second-order valence-corrected chi connectivity index (χ2v) is 12.2. The Labute approximate surface area is 180 Å². The van der Waals surface area contributed by atoms with E-state index in [1.54, 1.807) is 18.2 Å². The Morgan fingerprint density at radius 3 is 2.43 bits per heavy atom. The Kier molecular flexibility index (Phi) is 5.36. The van der Waals surface area contributed by atoms with Gasteiger partial charge in [-0.1, -0.05) is 29.8 Å². The lowest BCUT2D eigenvalue weighted by molar-refractivity contribution is -0.122. The van der Waals surface area contributed by atoms with Crippen molar-refractivity contribution in [2.45, 2.75) is 40.7 Å². The van der Waals surface area contributed by atoms with Crippen molar-refractivity contribution in [3.05, 3.63) is 58.6 Å². The third kappa shape index (κ3) is 3.40. The van der Waals surface area contributed by atoms with Gasteiger partial charge in [0.1, 0.15) is 5.78 Å². The van der Waals surface area contributed by atoms with Crippen LogP contribution < -0.4 is 0 Å². The van der Waals surface area contributed by atoms with Crippen molar-refractivity contribution < 1.29 is 26.4 Å². The molecule has 0 bridgehead atoms. The Hall–Kier alpha value is -2.03. The number of halogens is 1. The first-order chi connectivity index (χ1) is 14.1. The molecule has 1 heterocycles. The van der Waals surface area contributed by atoms with Crippen molar-refractivity contribution in [1.29, 1.82) is 0 Å². The standard InChI is InChI=1S/C21H19ClO6S2/c22-20-14-11-12-29(25,26)17(14)10-9-15(20)21(24)19-16(23)7-4-8-18(19)30(27,28)13-5-2-1-3-6-13/h1-3,5-6,9-10,18-19H,4,7-8,11-12H2. The van der Waals surface area contributed by atoms with Gasteiger partial charge in [0.25, 0.3) is 0 Å². The van der Waals surface area contributed by atoms with Crippen LogP contribution in [0, 0.1) is 5.92 Å². The van der Waals surface area contributed by atoms with Gasteiger partial charge in [0.05, 0.1) is 31.7 Å². The summed E-state index contributed by atoms with van der Waals surface area (Å²) in [5, 5.41) is -1.19. The van der Waals surface area contributed by atoms with Crippen LogP contribution in [-0.2, 0) is 30.9 Å². The molecule has 2 unspecified atom stereocenters. The number of carbonyl (C=O) groups is 2. The maximum atomic E-state index is 13.4. The zero-order valence-corrected chi connectivity index (χ0v) is 18.3. The lowest BCUT2D eigenvalue weighted by atomic mass is 9.82. The summed E-state index contributed by atoms with van der Waals surface area (Å²) in [4.78, 5) is 26.2. The molecule has 4 rings (SSSR count). The fourth-order valence-electron chi connectivity index (χ4n) is 4.27. The molecule has 0 saturated heterocycles. The van der Waals surface area contributed by atoms with Gasteiger partial charge in [0.2, 0.25) is 0 Å². The van der Waals surface area contributed by atoms with Gasteiger partial charge in [-0.05, 0) is 49.1 Å². The fourth-order valence-corrected chi connectivity index (χ4v) is 8.23. The van der Waals surface area contributed by atoms with Gasteiger partial charge in [0.15, 0.2) is 25.5 Å². The second-order valence-electron chi connectivity index (χ2n) is 7.57. The minimum absolute atomic E-state index is 0.000952. The fraction of sp³-hybridized carbons (Fsp3) is 0.333. The Bertz CT molecular complexity index is 1250. The van der Waals surface area contributed by atoms with Gasteiger partial charge in [-0.25, -0.2) is 16.8 Å². The van der Waals surface area contributed by atoms with E-state index >= 15 is 0 Å². The molecular formula is C21H19ClO6S2. The van der Waals surface area contributed by atoms with Crippen LogP contribution in [0.25, 0.3) is 0 Å². The van der Waals surface area contributed by atoms with Crippen LogP contribution >= 0.6 is 11.6 Å². The van der Waals surface area contributed by atoms with Crippen LogP contribution in [-0.4, -0.2) is 39.4 Å². The normalized spacial score (nSPS) is 23.2. The minimum atomic E-state index is -3.92. The Balaban J connectivity index is 1.78. The molecule has 2 atom stereocenters. The molecule has 9 heteroatoms. The number of Topliss-reactive ketones (excluding diaryl/α,β-unsaturated/α-hetero) is 2. The van der Waals surface area contributed by atoms with Crippen LogP contribution in [0.1, 0.15) is 35.2 Å². The number of benzene rings is 2. The van der Waals surface area contributed by atoms with E-state index in [1.165, 1.54) is 24.3 Å². The molecule has 2 aliphatic rings. The summed E-state index contributed by atoms with van der Waals surface area (Å²) >= 11 is 6.38.